The van der Waals surface area contributed by atoms with Crippen LogP contribution in [-0.4, -0.2) is 25.6 Å². The Bertz CT molecular complexity index is 426. The number of rotatable bonds is 0. The van der Waals surface area contributed by atoms with Crippen LogP contribution in [0.15, 0.2) is 24.5 Å². The van der Waals surface area contributed by atoms with E-state index in [-0.39, 0.29) is 6.03 Å². The second-order valence-corrected chi connectivity index (χ2v) is 3.09. The van der Waals surface area contributed by atoms with Gasteiger partial charge in [-0.25, -0.2) is 4.79 Å². The van der Waals surface area contributed by atoms with Gasteiger partial charge in [0, 0.05) is 12.4 Å². The van der Waals surface area contributed by atoms with Crippen molar-refractivity contribution in [2.75, 3.05) is 0 Å². The van der Waals surface area contributed by atoms with E-state index in [1.165, 1.54) is 9.36 Å². The molecule has 2 heterocycles. The SMILES string of the molecule is Cc1ccn(C(=O)n2ccc(C)n2)n1. The second kappa shape index (κ2) is 3.10. The summed E-state index contributed by atoms with van der Waals surface area (Å²) in [7, 11) is 0. The number of carbonyl (C=O) groups excluding carboxylic acids is 1. The van der Waals surface area contributed by atoms with Gasteiger partial charge in [0.1, 0.15) is 0 Å². The van der Waals surface area contributed by atoms with Gasteiger partial charge in [-0.05, 0) is 26.0 Å². The van der Waals surface area contributed by atoms with E-state index in [4.69, 9.17) is 0 Å². The zero-order valence-corrected chi connectivity index (χ0v) is 8.01. The van der Waals surface area contributed by atoms with Crippen LogP contribution in [0.3, 0.4) is 0 Å². The molecular weight excluding hydrogens is 180 g/mol. The van der Waals surface area contributed by atoms with E-state index in [2.05, 4.69) is 10.2 Å². The molecule has 14 heavy (non-hydrogen) atoms. The normalized spacial score (nSPS) is 10.4. The summed E-state index contributed by atoms with van der Waals surface area (Å²) in [6.07, 6.45) is 3.24. The molecule has 5 heteroatoms. The van der Waals surface area contributed by atoms with Gasteiger partial charge >= 0.3 is 6.03 Å². The Kier molecular flexibility index (Phi) is 1.92. The van der Waals surface area contributed by atoms with Gasteiger partial charge in [-0.3, -0.25) is 0 Å². The van der Waals surface area contributed by atoms with Crippen LogP contribution in [0, 0.1) is 13.8 Å². The van der Waals surface area contributed by atoms with E-state index in [9.17, 15) is 4.79 Å². The van der Waals surface area contributed by atoms with E-state index in [0.29, 0.717) is 0 Å². The van der Waals surface area contributed by atoms with Gasteiger partial charge < -0.3 is 0 Å². The van der Waals surface area contributed by atoms with E-state index < -0.39 is 0 Å². The van der Waals surface area contributed by atoms with Crippen LogP contribution in [0.5, 0.6) is 0 Å². The highest BCUT2D eigenvalue weighted by Gasteiger charge is 2.08. The first kappa shape index (κ1) is 8.68. The van der Waals surface area contributed by atoms with Gasteiger partial charge in [-0.15, -0.1) is 0 Å². The predicted molar refractivity (Wildman–Crippen MR) is 50.1 cm³/mol. The molecule has 2 rings (SSSR count). The van der Waals surface area contributed by atoms with E-state index in [0.717, 1.165) is 11.4 Å². The molecule has 0 saturated carbocycles. The van der Waals surface area contributed by atoms with Crippen molar-refractivity contribution < 1.29 is 4.79 Å². The lowest BCUT2D eigenvalue weighted by molar-refractivity contribution is 0.238. The number of aryl methyl sites for hydroxylation is 2. The van der Waals surface area contributed by atoms with Crippen LogP contribution in [0.2, 0.25) is 0 Å². The molecule has 0 aromatic carbocycles. The van der Waals surface area contributed by atoms with E-state index in [1.54, 1.807) is 24.5 Å². The Labute approximate surface area is 81.0 Å². The molecule has 2 aromatic heterocycles. The van der Waals surface area contributed by atoms with Gasteiger partial charge in [-0.2, -0.15) is 19.6 Å². The zero-order valence-electron chi connectivity index (χ0n) is 8.01. The van der Waals surface area contributed by atoms with Crippen molar-refractivity contribution in [1.29, 1.82) is 0 Å². The fourth-order valence-corrected chi connectivity index (χ4v) is 1.15. The minimum absolute atomic E-state index is 0.272. The second-order valence-electron chi connectivity index (χ2n) is 3.09. The first-order valence-corrected chi connectivity index (χ1v) is 4.26. The standard InChI is InChI=1S/C9H10N4O/c1-7-3-5-12(10-7)9(14)13-6-4-8(2)11-13/h3-6H,1-2H3. The van der Waals surface area contributed by atoms with Gasteiger partial charge in [0.15, 0.2) is 0 Å². The Morgan fingerprint density at radius 3 is 1.79 bits per heavy atom. The van der Waals surface area contributed by atoms with Crippen molar-refractivity contribution in [1.82, 2.24) is 19.6 Å². The minimum Gasteiger partial charge on any atom is -0.244 e. The molecule has 0 atom stereocenters. The molecule has 0 radical (unpaired) electrons. The molecule has 0 N–H and O–H groups in total. The number of carbonyl (C=O) groups is 1. The molecule has 0 unspecified atom stereocenters. The predicted octanol–water partition coefficient (Wildman–Crippen LogP) is 1.21. The molecule has 72 valence electrons. The van der Waals surface area contributed by atoms with Crippen LogP contribution in [0.1, 0.15) is 11.4 Å². The number of nitrogens with zero attached hydrogens (tertiary/aromatic N) is 4. The Morgan fingerprint density at radius 1 is 1.07 bits per heavy atom. The molecule has 2 aromatic rings. The van der Waals surface area contributed by atoms with Crippen molar-refractivity contribution in [3.63, 3.8) is 0 Å². The van der Waals surface area contributed by atoms with Crippen molar-refractivity contribution >= 4 is 6.03 Å². The number of hydrogen-bond acceptors (Lipinski definition) is 3. The molecule has 0 bridgehead atoms. The summed E-state index contributed by atoms with van der Waals surface area (Å²) in [5.74, 6) is 0. The third kappa shape index (κ3) is 1.44. The molecule has 0 aliphatic heterocycles. The average molecular weight is 190 g/mol. The lowest BCUT2D eigenvalue weighted by Gasteiger charge is -1.98. The van der Waals surface area contributed by atoms with E-state index >= 15 is 0 Å². The number of hydrogen-bond donors (Lipinski definition) is 0. The fourth-order valence-electron chi connectivity index (χ4n) is 1.15. The first-order valence-electron chi connectivity index (χ1n) is 4.26. The Hall–Kier alpha value is -1.91. The van der Waals surface area contributed by atoms with Crippen LogP contribution in [-0.2, 0) is 0 Å². The lowest BCUT2D eigenvalue weighted by Crippen LogP contribution is -2.20. The van der Waals surface area contributed by atoms with Gasteiger partial charge in [0.2, 0.25) is 0 Å². The van der Waals surface area contributed by atoms with E-state index in [1.807, 2.05) is 13.8 Å². The highest BCUT2D eigenvalue weighted by Crippen LogP contribution is 1.97. The molecule has 0 aliphatic rings. The number of aromatic nitrogens is 4. The fraction of sp³-hybridized carbons (Fsp3) is 0.222. The smallest absolute Gasteiger partial charge is 0.244 e. The summed E-state index contributed by atoms with van der Waals surface area (Å²) in [6.45, 7) is 3.66. The highest BCUT2D eigenvalue weighted by molar-refractivity contribution is 5.77. The topological polar surface area (TPSA) is 52.7 Å². The van der Waals surface area contributed by atoms with Crippen molar-refractivity contribution in [3.8, 4) is 0 Å². The Morgan fingerprint density at radius 2 is 1.50 bits per heavy atom. The summed E-state index contributed by atoms with van der Waals surface area (Å²) in [4.78, 5) is 11.7. The molecule has 0 spiro atoms. The molecule has 0 saturated heterocycles. The molecule has 0 fully saturated rings. The largest absolute Gasteiger partial charge is 0.369 e. The minimum atomic E-state index is -0.272. The summed E-state index contributed by atoms with van der Waals surface area (Å²) >= 11 is 0. The maximum atomic E-state index is 11.7. The molecule has 0 amide bonds. The van der Waals surface area contributed by atoms with Crippen molar-refractivity contribution in [2.24, 2.45) is 0 Å². The van der Waals surface area contributed by atoms with Crippen LogP contribution in [0.25, 0.3) is 0 Å². The third-order valence-corrected chi connectivity index (χ3v) is 1.84. The van der Waals surface area contributed by atoms with Crippen molar-refractivity contribution in [2.45, 2.75) is 13.8 Å². The van der Waals surface area contributed by atoms with Gasteiger partial charge in [0.25, 0.3) is 0 Å². The van der Waals surface area contributed by atoms with Crippen LogP contribution < -0.4 is 0 Å². The van der Waals surface area contributed by atoms with Crippen LogP contribution in [0.4, 0.5) is 4.79 Å². The maximum Gasteiger partial charge on any atom is 0.369 e. The molecule has 0 aliphatic carbocycles. The highest BCUT2D eigenvalue weighted by atomic mass is 16.2. The third-order valence-electron chi connectivity index (χ3n) is 1.84. The summed E-state index contributed by atoms with van der Waals surface area (Å²) in [5.41, 5.74) is 1.62. The van der Waals surface area contributed by atoms with Crippen LogP contribution >= 0.6 is 0 Å². The summed E-state index contributed by atoms with van der Waals surface area (Å²) < 4.78 is 2.53. The lowest BCUT2D eigenvalue weighted by atomic mass is 10.5. The summed E-state index contributed by atoms with van der Waals surface area (Å²) in [5, 5.41) is 8.01. The molecular formula is C9H10N4O. The Balaban J connectivity index is 2.33. The van der Waals surface area contributed by atoms with Gasteiger partial charge in [0.05, 0.1) is 11.4 Å². The zero-order chi connectivity index (χ0) is 10.1. The first-order chi connectivity index (χ1) is 6.66. The van der Waals surface area contributed by atoms with Crippen molar-refractivity contribution in [3.05, 3.63) is 35.9 Å². The quantitative estimate of drug-likeness (QED) is 0.627. The van der Waals surface area contributed by atoms with Gasteiger partial charge in [-0.1, -0.05) is 0 Å². The average Bonchev–Trinajstić information content (AvgIpc) is 2.73. The molecule has 5 nitrogen and oxygen atoms in total. The monoisotopic (exact) mass is 190 g/mol. The maximum absolute atomic E-state index is 11.7. The summed E-state index contributed by atoms with van der Waals surface area (Å²) in [6, 6.07) is 3.27.